The molecule has 132 valence electrons. The van der Waals surface area contributed by atoms with Crippen LogP contribution in [-0.4, -0.2) is 31.2 Å². The number of hydrogen-bond acceptors (Lipinski definition) is 6. The van der Waals surface area contributed by atoms with E-state index in [4.69, 9.17) is 21.1 Å². The van der Waals surface area contributed by atoms with Crippen LogP contribution in [0.5, 0.6) is 0 Å². The van der Waals surface area contributed by atoms with E-state index < -0.39 is 10.9 Å². The molecule has 2 rings (SSSR count). The maximum absolute atomic E-state index is 12.2. The Morgan fingerprint density at radius 1 is 1.24 bits per heavy atom. The van der Waals surface area contributed by atoms with Crippen molar-refractivity contribution < 1.29 is 19.2 Å². The van der Waals surface area contributed by atoms with Gasteiger partial charge in [-0.15, -0.1) is 0 Å². The molecule has 2 aromatic carbocycles. The third-order valence-corrected chi connectivity index (χ3v) is 3.75. The van der Waals surface area contributed by atoms with Gasteiger partial charge in [-0.25, -0.2) is 4.79 Å². The average molecular weight is 365 g/mol. The highest BCUT2D eigenvalue weighted by molar-refractivity contribution is 6.31. The number of carbonyl (C=O) groups excluding carboxylic acids is 1. The molecule has 0 saturated carbocycles. The summed E-state index contributed by atoms with van der Waals surface area (Å²) >= 11 is 6.11. The van der Waals surface area contributed by atoms with Crippen molar-refractivity contribution in [3.63, 3.8) is 0 Å². The maximum atomic E-state index is 12.2. The highest BCUT2D eigenvalue weighted by Gasteiger charge is 2.18. The lowest BCUT2D eigenvalue weighted by molar-refractivity contribution is -0.384. The Labute approximate surface area is 149 Å². The summed E-state index contributed by atoms with van der Waals surface area (Å²) in [7, 11) is 1.48. The largest absolute Gasteiger partial charge is 0.460 e. The first kappa shape index (κ1) is 18.7. The normalized spacial score (nSPS) is 10.3. The second-order valence-electron chi connectivity index (χ2n) is 5.06. The van der Waals surface area contributed by atoms with Crippen LogP contribution in [0.4, 0.5) is 11.4 Å². The number of nitro groups is 1. The SMILES string of the molecule is COCCOC(=O)c1cc([N+](=O)[O-])ccc1NCc1ccccc1Cl. The van der Waals surface area contributed by atoms with Gasteiger partial charge in [0.2, 0.25) is 0 Å². The molecule has 0 aliphatic rings. The van der Waals surface area contributed by atoms with Crippen LogP contribution in [0.2, 0.25) is 5.02 Å². The topological polar surface area (TPSA) is 90.7 Å². The number of rotatable bonds is 8. The number of non-ortho nitro benzene ring substituents is 1. The fourth-order valence-electron chi connectivity index (χ4n) is 2.10. The number of nitrogens with one attached hydrogen (secondary N) is 1. The van der Waals surface area contributed by atoms with E-state index in [2.05, 4.69) is 5.32 Å². The van der Waals surface area contributed by atoms with E-state index in [1.54, 1.807) is 6.07 Å². The molecule has 7 nitrogen and oxygen atoms in total. The highest BCUT2D eigenvalue weighted by atomic mass is 35.5. The quantitative estimate of drug-likeness (QED) is 0.332. The molecule has 0 saturated heterocycles. The van der Waals surface area contributed by atoms with E-state index in [0.717, 1.165) is 5.56 Å². The maximum Gasteiger partial charge on any atom is 0.340 e. The van der Waals surface area contributed by atoms with Crippen LogP contribution < -0.4 is 5.32 Å². The highest BCUT2D eigenvalue weighted by Crippen LogP contribution is 2.24. The number of nitro benzene ring substituents is 1. The molecule has 0 radical (unpaired) electrons. The number of methoxy groups -OCH3 is 1. The Kier molecular flexibility index (Phi) is 6.73. The van der Waals surface area contributed by atoms with Crippen molar-refractivity contribution in [1.82, 2.24) is 0 Å². The van der Waals surface area contributed by atoms with Crippen LogP contribution in [0, 0.1) is 10.1 Å². The third kappa shape index (κ3) is 5.17. The van der Waals surface area contributed by atoms with E-state index >= 15 is 0 Å². The molecule has 0 aromatic heterocycles. The molecule has 0 bridgehead atoms. The molecule has 0 spiro atoms. The lowest BCUT2D eigenvalue weighted by Gasteiger charge is -2.12. The van der Waals surface area contributed by atoms with Gasteiger partial charge in [-0.05, 0) is 17.7 Å². The Morgan fingerprint density at radius 2 is 2.00 bits per heavy atom. The van der Waals surface area contributed by atoms with Crippen LogP contribution in [-0.2, 0) is 16.0 Å². The number of carbonyl (C=O) groups is 1. The predicted octanol–water partition coefficient (Wildman–Crippen LogP) is 3.66. The average Bonchev–Trinajstić information content (AvgIpc) is 2.61. The molecule has 1 N–H and O–H groups in total. The number of anilines is 1. The second-order valence-corrected chi connectivity index (χ2v) is 5.47. The first-order valence-corrected chi connectivity index (χ1v) is 7.82. The van der Waals surface area contributed by atoms with Gasteiger partial charge in [-0.2, -0.15) is 0 Å². The molecular formula is C17H17ClN2O5. The second kappa shape index (κ2) is 9.00. The molecule has 0 fully saturated rings. The van der Waals surface area contributed by atoms with Gasteiger partial charge >= 0.3 is 5.97 Å². The van der Waals surface area contributed by atoms with Gasteiger partial charge in [-0.1, -0.05) is 29.8 Å². The molecule has 0 unspecified atom stereocenters. The van der Waals surface area contributed by atoms with Crippen molar-refractivity contribution in [2.45, 2.75) is 6.54 Å². The van der Waals surface area contributed by atoms with Gasteiger partial charge in [-0.3, -0.25) is 10.1 Å². The molecule has 0 atom stereocenters. The van der Waals surface area contributed by atoms with Gasteiger partial charge in [0.25, 0.3) is 5.69 Å². The van der Waals surface area contributed by atoms with Crippen molar-refractivity contribution in [1.29, 1.82) is 0 Å². The Balaban J connectivity index is 2.22. The van der Waals surface area contributed by atoms with Crippen LogP contribution in [0.1, 0.15) is 15.9 Å². The number of esters is 1. The van der Waals surface area contributed by atoms with Crippen molar-refractivity contribution >= 4 is 28.9 Å². The lowest BCUT2D eigenvalue weighted by Crippen LogP contribution is -2.13. The predicted molar refractivity (Wildman–Crippen MR) is 94.0 cm³/mol. The van der Waals surface area contributed by atoms with E-state index in [1.165, 1.54) is 25.3 Å². The molecule has 0 aliphatic carbocycles. The van der Waals surface area contributed by atoms with E-state index in [0.29, 0.717) is 17.3 Å². The van der Waals surface area contributed by atoms with Gasteiger partial charge in [0.15, 0.2) is 0 Å². The van der Waals surface area contributed by atoms with Crippen molar-refractivity contribution in [2.24, 2.45) is 0 Å². The standard InChI is InChI=1S/C17H17ClN2O5/c1-24-8-9-25-17(21)14-10-13(20(22)23)6-7-16(14)19-11-12-4-2-3-5-15(12)18/h2-7,10,19H,8-9,11H2,1H3. The molecular weight excluding hydrogens is 348 g/mol. The molecule has 0 amide bonds. The summed E-state index contributed by atoms with van der Waals surface area (Å²) in [5.74, 6) is -0.664. The number of benzene rings is 2. The van der Waals surface area contributed by atoms with Crippen molar-refractivity contribution in [2.75, 3.05) is 25.6 Å². The minimum atomic E-state index is -0.664. The summed E-state index contributed by atoms with van der Waals surface area (Å²) in [6.07, 6.45) is 0. The van der Waals surface area contributed by atoms with Crippen molar-refractivity contribution in [3.05, 3.63) is 68.7 Å². The van der Waals surface area contributed by atoms with Crippen LogP contribution >= 0.6 is 11.6 Å². The minimum Gasteiger partial charge on any atom is -0.460 e. The first-order valence-electron chi connectivity index (χ1n) is 7.44. The summed E-state index contributed by atoms with van der Waals surface area (Å²) in [5.41, 5.74) is 1.15. The fraction of sp³-hybridized carbons (Fsp3) is 0.235. The van der Waals surface area contributed by atoms with Gasteiger partial charge in [0.1, 0.15) is 6.61 Å². The fourth-order valence-corrected chi connectivity index (χ4v) is 2.30. The lowest BCUT2D eigenvalue weighted by atomic mass is 10.1. The van der Waals surface area contributed by atoms with Gasteiger partial charge < -0.3 is 14.8 Å². The molecule has 8 heteroatoms. The Hall–Kier alpha value is -2.64. The van der Waals surface area contributed by atoms with Crippen LogP contribution in [0.25, 0.3) is 0 Å². The summed E-state index contributed by atoms with van der Waals surface area (Å²) in [6.45, 7) is 0.654. The zero-order chi connectivity index (χ0) is 18.2. The number of nitrogens with zero attached hydrogens (tertiary/aromatic N) is 1. The number of ether oxygens (including phenoxy) is 2. The van der Waals surface area contributed by atoms with Crippen LogP contribution in [0.3, 0.4) is 0 Å². The summed E-state index contributed by atoms with van der Waals surface area (Å²) < 4.78 is 9.89. The first-order chi connectivity index (χ1) is 12.0. The number of halogens is 1. The van der Waals surface area contributed by atoms with E-state index in [1.807, 2.05) is 18.2 Å². The van der Waals surface area contributed by atoms with Crippen molar-refractivity contribution in [3.8, 4) is 0 Å². The monoisotopic (exact) mass is 364 g/mol. The Bertz CT molecular complexity index is 766. The zero-order valence-electron chi connectivity index (χ0n) is 13.5. The van der Waals surface area contributed by atoms with E-state index in [9.17, 15) is 14.9 Å². The summed E-state index contributed by atoms with van der Waals surface area (Å²) in [6, 6.07) is 11.2. The Morgan fingerprint density at radius 3 is 2.68 bits per heavy atom. The van der Waals surface area contributed by atoms with E-state index in [-0.39, 0.29) is 24.5 Å². The summed E-state index contributed by atoms with van der Waals surface area (Å²) in [4.78, 5) is 22.6. The van der Waals surface area contributed by atoms with Gasteiger partial charge in [0.05, 0.1) is 17.1 Å². The smallest absolute Gasteiger partial charge is 0.340 e. The zero-order valence-corrected chi connectivity index (χ0v) is 14.3. The third-order valence-electron chi connectivity index (χ3n) is 3.38. The molecule has 0 aliphatic heterocycles. The number of hydrogen-bond donors (Lipinski definition) is 1. The minimum absolute atomic E-state index is 0.0575. The molecule has 2 aromatic rings. The van der Waals surface area contributed by atoms with Gasteiger partial charge in [0, 0.05) is 36.5 Å². The molecule has 25 heavy (non-hydrogen) atoms. The summed E-state index contributed by atoms with van der Waals surface area (Å²) in [5, 5.41) is 14.6. The molecule has 0 heterocycles. The van der Waals surface area contributed by atoms with Crippen LogP contribution in [0.15, 0.2) is 42.5 Å².